The van der Waals surface area contributed by atoms with Crippen molar-refractivity contribution in [2.75, 3.05) is 0 Å². The van der Waals surface area contributed by atoms with E-state index in [-0.39, 0.29) is 0 Å². The van der Waals surface area contributed by atoms with E-state index in [0.717, 1.165) is 10.8 Å². The smallest absolute Gasteiger partial charge is 0.293 e. The molecule has 2 aromatic rings. The molecular weight excluding hydrogens is 188 g/mol. The molecule has 0 aliphatic heterocycles. The lowest BCUT2D eigenvalue weighted by atomic mass is 10.1. The molecule has 0 spiro atoms. The quantitative estimate of drug-likeness (QED) is 0.641. The maximum absolute atomic E-state index is 10.5. The van der Waals surface area contributed by atoms with Crippen LogP contribution in [0.5, 0.6) is 0 Å². The molecule has 1 aromatic carbocycles. The van der Waals surface area contributed by atoms with Crippen LogP contribution in [0.1, 0.15) is 5.56 Å². The molecule has 0 atom stereocenters. The molecule has 0 saturated heterocycles. The highest BCUT2D eigenvalue weighted by molar-refractivity contribution is 5.94. The number of pyridine rings is 1. The summed E-state index contributed by atoms with van der Waals surface area (Å²) in [5.74, 6) is 4.37. The fraction of sp³-hybridized carbons (Fsp3) is 0. The Bertz CT molecular complexity index is 573. The molecule has 0 fully saturated rings. The Morgan fingerprint density at radius 2 is 2.07 bits per heavy atom. The second kappa shape index (κ2) is 3.81. The minimum absolute atomic E-state index is 0.636. The summed E-state index contributed by atoms with van der Waals surface area (Å²) in [6.07, 6.45) is 3.38. The summed E-state index contributed by atoms with van der Waals surface area (Å²) in [4.78, 5) is 14.6. The van der Waals surface area contributed by atoms with Crippen molar-refractivity contribution in [3.05, 3.63) is 42.2 Å². The molecule has 1 aromatic heterocycles. The topological polar surface area (TPSA) is 56.0 Å². The third-order valence-electron chi connectivity index (χ3n) is 1.99. The second-order valence-electron chi connectivity index (χ2n) is 3.02. The SMILES string of the molecule is NC(=O)C#Cc1cncc2ccccc12. The van der Waals surface area contributed by atoms with Gasteiger partial charge in [0.15, 0.2) is 0 Å². The Morgan fingerprint density at radius 1 is 1.27 bits per heavy atom. The molecule has 0 aliphatic carbocycles. The third-order valence-corrected chi connectivity index (χ3v) is 1.99. The van der Waals surface area contributed by atoms with Gasteiger partial charge in [0.2, 0.25) is 0 Å². The molecule has 1 heterocycles. The van der Waals surface area contributed by atoms with Crippen LogP contribution in [-0.2, 0) is 4.79 Å². The Kier molecular flexibility index (Phi) is 2.34. The number of hydrogen-bond donors (Lipinski definition) is 1. The van der Waals surface area contributed by atoms with Crippen LogP contribution in [0.15, 0.2) is 36.7 Å². The molecule has 1 amide bonds. The lowest BCUT2D eigenvalue weighted by Crippen LogP contribution is -2.06. The first kappa shape index (κ1) is 9.22. The number of nitrogens with two attached hydrogens (primary N) is 1. The van der Waals surface area contributed by atoms with Gasteiger partial charge in [-0.1, -0.05) is 30.2 Å². The predicted octanol–water partition coefficient (Wildman–Crippen LogP) is 1.07. The van der Waals surface area contributed by atoms with Gasteiger partial charge in [-0.3, -0.25) is 9.78 Å². The highest BCUT2D eigenvalue weighted by Crippen LogP contribution is 2.15. The van der Waals surface area contributed by atoms with Crippen LogP contribution in [0.3, 0.4) is 0 Å². The molecule has 0 unspecified atom stereocenters. The van der Waals surface area contributed by atoms with Gasteiger partial charge in [-0.05, 0) is 0 Å². The van der Waals surface area contributed by atoms with E-state index < -0.39 is 5.91 Å². The second-order valence-corrected chi connectivity index (χ2v) is 3.02. The van der Waals surface area contributed by atoms with E-state index in [1.54, 1.807) is 12.4 Å². The lowest BCUT2D eigenvalue weighted by molar-refractivity contribution is -0.112. The summed E-state index contributed by atoms with van der Waals surface area (Å²) in [5.41, 5.74) is 5.67. The number of primary amides is 1. The minimum Gasteiger partial charge on any atom is -0.359 e. The van der Waals surface area contributed by atoms with E-state index >= 15 is 0 Å². The van der Waals surface area contributed by atoms with Crippen LogP contribution in [0.4, 0.5) is 0 Å². The van der Waals surface area contributed by atoms with Crippen molar-refractivity contribution < 1.29 is 4.79 Å². The first-order valence-corrected chi connectivity index (χ1v) is 4.41. The highest BCUT2D eigenvalue weighted by atomic mass is 16.1. The average Bonchev–Trinajstić information content (AvgIpc) is 2.26. The zero-order valence-electron chi connectivity index (χ0n) is 7.90. The van der Waals surface area contributed by atoms with E-state index in [4.69, 9.17) is 5.73 Å². The molecule has 0 saturated carbocycles. The van der Waals surface area contributed by atoms with Crippen molar-refractivity contribution in [2.24, 2.45) is 5.73 Å². The standard InChI is InChI=1S/C12H8N2O/c13-12(15)6-5-10-8-14-7-9-3-1-2-4-11(9)10/h1-4,7-8H,(H2,13,15). The predicted molar refractivity (Wildman–Crippen MR) is 57.8 cm³/mol. The Labute approximate surface area is 86.9 Å². The normalized spacial score (nSPS) is 9.33. The summed E-state index contributed by atoms with van der Waals surface area (Å²) in [5, 5.41) is 1.97. The van der Waals surface area contributed by atoms with E-state index in [2.05, 4.69) is 16.8 Å². The van der Waals surface area contributed by atoms with Crippen LogP contribution >= 0.6 is 0 Å². The summed E-state index contributed by atoms with van der Waals surface area (Å²) < 4.78 is 0. The average molecular weight is 196 g/mol. The lowest BCUT2D eigenvalue weighted by Gasteiger charge is -1.97. The van der Waals surface area contributed by atoms with Crippen molar-refractivity contribution in [3.63, 3.8) is 0 Å². The first-order valence-electron chi connectivity index (χ1n) is 4.41. The largest absolute Gasteiger partial charge is 0.359 e. The van der Waals surface area contributed by atoms with Gasteiger partial charge in [0.25, 0.3) is 5.91 Å². The van der Waals surface area contributed by atoms with Crippen LogP contribution < -0.4 is 5.73 Å². The van der Waals surface area contributed by atoms with Crippen molar-refractivity contribution in [1.29, 1.82) is 0 Å². The number of nitrogens with zero attached hydrogens (tertiary/aromatic N) is 1. The molecule has 2 N–H and O–H groups in total. The van der Waals surface area contributed by atoms with Gasteiger partial charge in [0, 0.05) is 29.1 Å². The minimum atomic E-state index is -0.636. The number of rotatable bonds is 0. The molecule has 15 heavy (non-hydrogen) atoms. The van der Waals surface area contributed by atoms with Crippen LogP contribution in [0.25, 0.3) is 10.8 Å². The Morgan fingerprint density at radius 3 is 2.87 bits per heavy atom. The molecule has 2 rings (SSSR count). The summed E-state index contributed by atoms with van der Waals surface area (Å²) in [6, 6.07) is 7.72. The molecule has 0 aliphatic rings. The monoisotopic (exact) mass is 196 g/mol. The van der Waals surface area contributed by atoms with Gasteiger partial charge in [-0.2, -0.15) is 0 Å². The van der Waals surface area contributed by atoms with Gasteiger partial charge in [0.1, 0.15) is 0 Å². The third kappa shape index (κ3) is 1.94. The number of fused-ring (bicyclic) bond motifs is 1. The number of benzene rings is 1. The van der Waals surface area contributed by atoms with E-state index in [1.807, 2.05) is 24.3 Å². The molecule has 0 bridgehead atoms. The zero-order valence-corrected chi connectivity index (χ0v) is 7.90. The molecule has 3 heteroatoms. The van der Waals surface area contributed by atoms with Crippen molar-refractivity contribution in [3.8, 4) is 11.8 Å². The van der Waals surface area contributed by atoms with Crippen LogP contribution in [0.2, 0.25) is 0 Å². The fourth-order valence-electron chi connectivity index (χ4n) is 1.35. The van der Waals surface area contributed by atoms with E-state index in [9.17, 15) is 4.79 Å². The van der Waals surface area contributed by atoms with E-state index in [1.165, 1.54) is 0 Å². The van der Waals surface area contributed by atoms with Gasteiger partial charge >= 0.3 is 0 Å². The fourth-order valence-corrected chi connectivity index (χ4v) is 1.35. The number of amides is 1. The molecule has 0 radical (unpaired) electrons. The van der Waals surface area contributed by atoms with Gasteiger partial charge in [-0.15, -0.1) is 0 Å². The van der Waals surface area contributed by atoms with Crippen LogP contribution in [-0.4, -0.2) is 10.9 Å². The molecule has 3 nitrogen and oxygen atoms in total. The first-order chi connectivity index (χ1) is 7.27. The Hall–Kier alpha value is -2.34. The van der Waals surface area contributed by atoms with Crippen molar-refractivity contribution >= 4 is 16.7 Å². The maximum Gasteiger partial charge on any atom is 0.293 e. The maximum atomic E-state index is 10.5. The number of carbonyl (C=O) groups excluding carboxylic acids is 1. The Balaban J connectivity index is 2.63. The summed E-state index contributed by atoms with van der Waals surface area (Å²) in [7, 11) is 0. The summed E-state index contributed by atoms with van der Waals surface area (Å²) >= 11 is 0. The molecular formula is C12H8N2O. The van der Waals surface area contributed by atoms with Crippen molar-refractivity contribution in [2.45, 2.75) is 0 Å². The van der Waals surface area contributed by atoms with Crippen molar-refractivity contribution in [1.82, 2.24) is 4.98 Å². The number of carbonyl (C=O) groups is 1. The highest BCUT2D eigenvalue weighted by Gasteiger charge is 1.97. The zero-order chi connectivity index (χ0) is 10.7. The van der Waals surface area contributed by atoms with Gasteiger partial charge < -0.3 is 5.73 Å². The number of hydrogen-bond acceptors (Lipinski definition) is 2. The summed E-state index contributed by atoms with van der Waals surface area (Å²) in [6.45, 7) is 0. The van der Waals surface area contributed by atoms with Gasteiger partial charge in [-0.25, -0.2) is 0 Å². The van der Waals surface area contributed by atoms with E-state index in [0.29, 0.717) is 5.56 Å². The van der Waals surface area contributed by atoms with Gasteiger partial charge in [0.05, 0.1) is 5.56 Å². The molecule has 72 valence electrons. The number of aromatic nitrogens is 1. The van der Waals surface area contributed by atoms with Crippen LogP contribution in [0, 0.1) is 11.8 Å².